The number of hydrogen-bond donors (Lipinski definition) is 1. The topological polar surface area (TPSA) is 188 Å². The molecule has 1 aliphatic heterocycles. The van der Waals surface area contributed by atoms with Crippen molar-refractivity contribution in [1.29, 1.82) is 0 Å². The van der Waals surface area contributed by atoms with E-state index in [1.165, 1.54) is 6.92 Å². The van der Waals surface area contributed by atoms with Crippen molar-refractivity contribution in [3.05, 3.63) is 35.9 Å². The molecule has 0 saturated carbocycles. The molecule has 15 heteroatoms. The maximum Gasteiger partial charge on any atom is 0.366 e. The summed E-state index contributed by atoms with van der Waals surface area (Å²) >= 11 is 0. The molecule has 1 aromatic rings. The number of methoxy groups -OCH3 is 1. The molecule has 0 bridgehead atoms. The summed E-state index contributed by atoms with van der Waals surface area (Å²) in [4.78, 5) is 73.8. The van der Waals surface area contributed by atoms with Gasteiger partial charge in [-0.3, -0.25) is 24.0 Å². The summed E-state index contributed by atoms with van der Waals surface area (Å²) < 4.78 is 44.3. The van der Waals surface area contributed by atoms with Crippen LogP contribution in [0.3, 0.4) is 0 Å². The number of rotatable bonds is 16. The lowest BCUT2D eigenvalue weighted by Crippen LogP contribution is -2.69. The Morgan fingerprint density at radius 3 is 2.13 bits per heavy atom. The zero-order chi connectivity index (χ0) is 33.6. The average molecular weight is 640 g/mol. The van der Waals surface area contributed by atoms with Crippen molar-refractivity contribution < 1.29 is 66.7 Å². The van der Waals surface area contributed by atoms with Crippen LogP contribution in [0.1, 0.15) is 53.0 Å². The van der Waals surface area contributed by atoms with Gasteiger partial charge in [-0.05, 0) is 12.0 Å². The molecule has 2 rings (SSSR count). The van der Waals surface area contributed by atoms with Gasteiger partial charge in [-0.25, -0.2) is 4.79 Å². The van der Waals surface area contributed by atoms with Crippen molar-refractivity contribution in [3.8, 4) is 0 Å². The van der Waals surface area contributed by atoms with Crippen LogP contribution in [0.4, 0.5) is 0 Å². The van der Waals surface area contributed by atoms with Crippen LogP contribution < -0.4 is 5.32 Å². The molecule has 0 aromatic heterocycles. The number of carbonyl (C=O) groups is 6. The van der Waals surface area contributed by atoms with Crippen LogP contribution >= 0.6 is 0 Å². The van der Waals surface area contributed by atoms with Gasteiger partial charge < -0.3 is 43.2 Å². The Labute approximate surface area is 261 Å². The first-order valence-electron chi connectivity index (χ1n) is 14.2. The number of esters is 5. The Kier molecular flexibility index (Phi) is 14.9. The van der Waals surface area contributed by atoms with Gasteiger partial charge >= 0.3 is 29.8 Å². The van der Waals surface area contributed by atoms with Crippen molar-refractivity contribution >= 4 is 35.8 Å². The Morgan fingerprint density at radius 2 is 1.58 bits per heavy atom. The van der Waals surface area contributed by atoms with Crippen LogP contribution in [0, 0.1) is 0 Å². The molecule has 1 N–H and O–H groups in total. The molecule has 250 valence electrons. The Bertz CT molecular complexity index is 1170. The predicted octanol–water partition coefficient (Wildman–Crippen LogP) is 1.13. The number of carbonyl (C=O) groups excluding carboxylic acids is 6. The first kappa shape index (κ1) is 37.1. The lowest BCUT2D eigenvalue weighted by Gasteiger charge is -2.48. The second-order valence-corrected chi connectivity index (χ2v) is 10.2. The highest BCUT2D eigenvalue weighted by Gasteiger charge is 2.59. The molecule has 1 amide bonds. The summed E-state index contributed by atoms with van der Waals surface area (Å²) in [6, 6.07) is 8.19. The molecule has 15 nitrogen and oxygen atoms in total. The van der Waals surface area contributed by atoms with E-state index in [2.05, 4.69) is 5.32 Å². The largest absolute Gasteiger partial charge is 0.465 e. The van der Waals surface area contributed by atoms with Crippen LogP contribution in [-0.4, -0.2) is 98.9 Å². The minimum absolute atomic E-state index is 0.104. The monoisotopic (exact) mass is 639 g/mol. The Hall–Kier alpha value is -4.08. The lowest BCUT2D eigenvalue weighted by molar-refractivity contribution is -0.314. The highest BCUT2D eigenvalue weighted by atomic mass is 16.7. The van der Waals surface area contributed by atoms with Gasteiger partial charge in [0.25, 0.3) is 5.79 Å². The van der Waals surface area contributed by atoms with Gasteiger partial charge in [0.2, 0.25) is 5.91 Å². The molecule has 1 saturated heterocycles. The van der Waals surface area contributed by atoms with E-state index in [-0.39, 0.29) is 13.2 Å². The molecule has 2 unspecified atom stereocenters. The van der Waals surface area contributed by atoms with E-state index in [0.29, 0.717) is 13.0 Å². The second-order valence-electron chi connectivity index (χ2n) is 10.2. The van der Waals surface area contributed by atoms with Crippen molar-refractivity contribution in [2.24, 2.45) is 0 Å². The van der Waals surface area contributed by atoms with Crippen LogP contribution in [0.15, 0.2) is 30.3 Å². The maximum absolute atomic E-state index is 13.3. The second kappa shape index (κ2) is 18.0. The van der Waals surface area contributed by atoms with Crippen LogP contribution in [0.2, 0.25) is 0 Å². The van der Waals surface area contributed by atoms with Crippen LogP contribution in [0.25, 0.3) is 0 Å². The van der Waals surface area contributed by atoms with Gasteiger partial charge in [-0.2, -0.15) is 0 Å². The van der Waals surface area contributed by atoms with Gasteiger partial charge in [-0.15, -0.1) is 0 Å². The van der Waals surface area contributed by atoms with Crippen LogP contribution in [-0.2, 0) is 73.3 Å². The quantitative estimate of drug-likeness (QED) is 0.154. The third kappa shape index (κ3) is 12.1. The highest BCUT2D eigenvalue weighted by Crippen LogP contribution is 2.37. The number of hydrogen-bond acceptors (Lipinski definition) is 14. The number of benzene rings is 1. The molecule has 0 radical (unpaired) electrons. The van der Waals surface area contributed by atoms with E-state index < -0.39 is 85.0 Å². The van der Waals surface area contributed by atoms with Crippen LogP contribution in [0.5, 0.6) is 0 Å². The molecule has 0 aliphatic carbocycles. The lowest BCUT2D eigenvalue weighted by atomic mass is 9.88. The fourth-order valence-electron chi connectivity index (χ4n) is 4.71. The summed E-state index contributed by atoms with van der Waals surface area (Å²) in [6.07, 6.45) is -6.15. The standard InChI is InChI=1S/C30H41NO14/c1-18(32)31-26-24(42-20(3)34)15-30(29(37)38-6,41-14-10-13-39-16-23-11-8-7-9-12-23)45-28(26)27(44-22(5)36)25(43-21(4)35)17-40-19(2)33/h7-9,11-12,24-28H,10,13-17H2,1-6H3,(H,31,32)/t24-,25-,26?,27-,28?,30-/m1/s1. The maximum atomic E-state index is 13.3. The van der Waals surface area contributed by atoms with E-state index in [0.717, 1.165) is 40.4 Å². The summed E-state index contributed by atoms with van der Waals surface area (Å²) in [5.41, 5.74) is 0.962. The molecule has 1 aliphatic rings. The van der Waals surface area contributed by atoms with E-state index in [1.54, 1.807) is 0 Å². The molecule has 1 aromatic carbocycles. The Morgan fingerprint density at radius 1 is 0.911 bits per heavy atom. The van der Waals surface area contributed by atoms with E-state index >= 15 is 0 Å². The van der Waals surface area contributed by atoms with E-state index in [9.17, 15) is 28.8 Å². The van der Waals surface area contributed by atoms with Crippen molar-refractivity contribution in [3.63, 3.8) is 0 Å². The van der Waals surface area contributed by atoms with E-state index in [4.69, 9.17) is 37.9 Å². The zero-order valence-electron chi connectivity index (χ0n) is 26.2. The third-order valence-electron chi connectivity index (χ3n) is 6.37. The molecule has 45 heavy (non-hydrogen) atoms. The van der Waals surface area contributed by atoms with E-state index in [1.807, 2.05) is 30.3 Å². The number of amides is 1. The smallest absolute Gasteiger partial charge is 0.366 e. The summed E-state index contributed by atoms with van der Waals surface area (Å²) in [7, 11) is 1.08. The fraction of sp³-hybridized carbons (Fsp3) is 0.600. The Balaban J connectivity index is 2.48. The normalized spacial score (nSPS) is 22.2. The minimum Gasteiger partial charge on any atom is -0.465 e. The van der Waals surface area contributed by atoms with Gasteiger partial charge in [0.05, 0.1) is 32.8 Å². The van der Waals surface area contributed by atoms with Crippen molar-refractivity contribution in [1.82, 2.24) is 5.32 Å². The summed E-state index contributed by atoms with van der Waals surface area (Å²) in [5.74, 6) is -7.10. The SMILES string of the molecule is COC(=O)[C@@]1(OCCCOCc2ccccc2)C[C@@H](OC(C)=O)C(NC(C)=O)C([C@H](OC(C)=O)[C@@H](COC(C)=O)OC(C)=O)O1. The average Bonchev–Trinajstić information content (AvgIpc) is 2.96. The first-order chi connectivity index (χ1) is 21.3. The molecule has 1 fully saturated rings. The fourth-order valence-corrected chi connectivity index (χ4v) is 4.71. The molecule has 0 spiro atoms. The van der Waals surface area contributed by atoms with Gasteiger partial charge in [-0.1, -0.05) is 30.3 Å². The summed E-state index contributed by atoms with van der Waals surface area (Å²) in [6.45, 7) is 5.42. The highest BCUT2D eigenvalue weighted by molar-refractivity contribution is 5.79. The minimum atomic E-state index is -2.26. The summed E-state index contributed by atoms with van der Waals surface area (Å²) in [5, 5.41) is 2.60. The van der Waals surface area contributed by atoms with Gasteiger partial charge in [0, 0.05) is 41.2 Å². The third-order valence-corrected chi connectivity index (χ3v) is 6.37. The predicted molar refractivity (Wildman–Crippen MR) is 152 cm³/mol. The van der Waals surface area contributed by atoms with Crippen molar-refractivity contribution in [2.45, 2.75) is 90.3 Å². The molecular weight excluding hydrogens is 598 g/mol. The van der Waals surface area contributed by atoms with Gasteiger partial charge in [0.1, 0.15) is 18.8 Å². The van der Waals surface area contributed by atoms with Crippen molar-refractivity contribution in [2.75, 3.05) is 26.9 Å². The van der Waals surface area contributed by atoms with Gasteiger partial charge in [0.15, 0.2) is 12.2 Å². The first-order valence-corrected chi connectivity index (χ1v) is 14.2. The number of nitrogens with one attached hydrogen (secondary N) is 1. The zero-order valence-corrected chi connectivity index (χ0v) is 26.2. The molecular formula is C30H41NO14. The molecule has 1 heterocycles. The molecule has 6 atom stereocenters. The number of ether oxygens (including phenoxy) is 8.